The van der Waals surface area contributed by atoms with Gasteiger partial charge >= 0.3 is 5.97 Å². The summed E-state index contributed by atoms with van der Waals surface area (Å²) in [5, 5.41) is 8.84. The predicted molar refractivity (Wildman–Crippen MR) is 71.1 cm³/mol. The Balaban J connectivity index is 2.60. The summed E-state index contributed by atoms with van der Waals surface area (Å²) in [6, 6.07) is 6.17. The molecule has 0 aliphatic heterocycles. The SMILES string of the molecule is Cc1ccc(-c2nc(Cl)c(C(=O)O)cc2C)cc1F. The molecule has 1 N–H and O–H groups in total. The van der Waals surface area contributed by atoms with Crippen molar-refractivity contribution in [2.24, 2.45) is 0 Å². The van der Waals surface area contributed by atoms with Crippen molar-refractivity contribution in [1.82, 2.24) is 4.98 Å². The summed E-state index contributed by atoms with van der Waals surface area (Å²) in [6.45, 7) is 3.38. The smallest absolute Gasteiger partial charge is 0.338 e. The molecule has 0 saturated carbocycles. The number of carboxylic acid groups (broad SMARTS) is 1. The van der Waals surface area contributed by atoms with Crippen LogP contribution in [0, 0.1) is 19.7 Å². The molecule has 0 radical (unpaired) electrons. The van der Waals surface area contributed by atoms with Crippen molar-refractivity contribution in [1.29, 1.82) is 0 Å². The van der Waals surface area contributed by atoms with Crippen molar-refractivity contribution in [2.45, 2.75) is 13.8 Å². The molecule has 1 aromatic carbocycles. The maximum Gasteiger partial charge on any atom is 0.338 e. The molecule has 98 valence electrons. The second-order valence-electron chi connectivity index (χ2n) is 4.26. The summed E-state index contributed by atoms with van der Waals surface area (Å²) in [5.41, 5.74) is 2.16. The standard InChI is InChI=1S/C14H11ClFNO2/c1-7-3-4-9(6-11(7)16)12-8(2)5-10(14(18)19)13(15)17-12/h3-6H,1-2H3,(H,18,19). The first-order chi connectivity index (χ1) is 8.90. The molecule has 0 atom stereocenters. The highest BCUT2D eigenvalue weighted by atomic mass is 35.5. The number of carboxylic acids is 1. The maximum atomic E-state index is 13.5. The summed E-state index contributed by atoms with van der Waals surface area (Å²) in [7, 11) is 0. The highest BCUT2D eigenvalue weighted by Gasteiger charge is 2.15. The maximum absolute atomic E-state index is 13.5. The molecule has 0 aliphatic carbocycles. The number of aryl methyl sites for hydroxylation is 2. The van der Waals surface area contributed by atoms with Crippen LogP contribution in [0.15, 0.2) is 24.3 Å². The zero-order valence-electron chi connectivity index (χ0n) is 10.4. The molecule has 3 nitrogen and oxygen atoms in total. The number of carbonyl (C=O) groups is 1. The van der Waals surface area contributed by atoms with Crippen molar-refractivity contribution in [2.75, 3.05) is 0 Å². The minimum atomic E-state index is -1.14. The van der Waals surface area contributed by atoms with Gasteiger partial charge in [-0.25, -0.2) is 14.2 Å². The Morgan fingerprint density at radius 2 is 1.95 bits per heavy atom. The summed E-state index contributed by atoms with van der Waals surface area (Å²) in [6.07, 6.45) is 0. The number of hydrogen-bond donors (Lipinski definition) is 1. The van der Waals surface area contributed by atoms with E-state index in [9.17, 15) is 9.18 Å². The largest absolute Gasteiger partial charge is 0.478 e. The molecule has 2 rings (SSSR count). The number of aromatic carboxylic acids is 1. The monoisotopic (exact) mass is 279 g/mol. The Morgan fingerprint density at radius 3 is 2.53 bits per heavy atom. The molecule has 0 amide bonds. The molecular formula is C14H11ClFNO2. The van der Waals surface area contributed by atoms with Crippen LogP contribution in [-0.2, 0) is 0 Å². The van der Waals surface area contributed by atoms with Gasteiger partial charge in [-0.05, 0) is 37.1 Å². The molecule has 0 fully saturated rings. The van der Waals surface area contributed by atoms with E-state index < -0.39 is 5.97 Å². The Labute approximate surface area is 114 Å². The molecule has 2 aromatic rings. The van der Waals surface area contributed by atoms with Crippen molar-refractivity contribution in [3.63, 3.8) is 0 Å². The summed E-state index contributed by atoms with van der Waals surface area (Å²) in [5.74, 6) is -1.47. The third kappa shape index (κ3) is 2.58. The quantitative estimate of drug-likeness (QED) is 0.849. The second kappa shape index (κ2) is 4.97. The zero-order chi connectivity index (χ0) is 14.2. The Kier molecular flexibility index (Phi) is 3.53. The average molecular weight is 280 g/mol. The van der Waals surface area contributed by atoms with Crippen LogP contribution in [0.3, 0.4) is 0 Å². The van der Waals surface area contributed by atoms with Crippen LogP contribution < -0.4 is 0 Å². The topological polar surface area (TPSA) is 50.2 Å². The van der Waals surface area contributed by atoms with Crippen LogP contribution in [0.2, 0.25) is 5.15 Å². The van der Waals surface area contributed by atoms with E-state index >= 15 is 0 Å². The Bertz CT molecular complexity index is 671. The van der Waals surface area contributed by atoms with E-state index in [0.29, 0.717) is 22.4 Å². The van der Waals surface area contributed by atoms with E-state index in [4.69, 9.17) is 16.7 Å². The predicted octanol–water partition coefficient (Wildman–Crippen LogP) is 3.86. The summed E-state index contributed by atoms with van der Waals surface area (Å²) < 4.78 is 13.5. The van der Waals surface area contributed by atoms with Crippen LogP contribution in [0.4, 0.5) is 4.39 Å². The number of halogens is 2. The van der Waals surface area contributed by atoms with Gasteiger partial charge in [0.05, 0.1) is 11.3 Å². The highest BCUT2D eigenvalue weighted by Crippen LogP contribution is 2.27. The van der Waals surface area contributed by atoms with E-state index in [1.165, 1.54) is 12.1 Å². The Hall–Kier alpha value is -1.94. The fourth-order valence-electron chi connectivity index (χ4n) is 1.77. The van der Waals surface area contributed by atoms with Crippen molar-refractivity contribution < 1.29 is 14.3 Å². The highest BCUT2D eigenvalue weighted by molar-refractivity contribution is 6.32. The fraction of sp³-hybridized carbons (Fsp3) is 0.143. The summed E-state index contributed by atoms with van der Waals surface area (Å²) >= 11 is 5.83. The van der Waals surface area contributed by atoms with E-state index in [2.05, 4.69) is 4.98 Å². The molecule has 0 saturated heterocycles. The molecule has 5 heteroatoms. The van der Waals surface area contributed by atoms with Gasteiger partial charge in [0.2, 0.25) is 0 Å². The first-order valence-electron chi connectivity index (χ1n) is 5.57. The molecule has 0 bridgehead atoms. The van der Waals surface area contributed by atoms with Gasteiger partial charge in [0.1, 0.15) is 11.0 Å². The van der Waals surface area contributed by atoms with Crippen LogP contribution >= 0.6 is 11.6 Å². The van der Waals surface area contributed by atoms with Gasteiger partial charge in [0, 0.05) is 5.56 Å². The van der Waals surface area contributed by atoms with E-state index in [-0.39, 0.29) is 16.5 Å². The fourth-order valence-corrected chi connectivity index (χ4v) is 1.99. The van der Waals surface area contributed by atoms with Crippen LogP contribution in [0.1, 0.15) is 21.5 Å². The van der Waals surface area contributed by atoms with E-state index in [0.717, 1.165) is 0 Å². The van der Waals surface area contributed by atoms with Gasteiger partial charge < -0.3 is 5.11 Å². The third-order valence-electron chi connectivity index (χ3n) is 2.84. The van der Waals surface area contributed by atoms with Gasteiger partial charge in [0.15, 0.2) is 0 Å². The molecule has 0 aliphatic rings. The second-order valence-corrected chi connectivity index (χ2v) is 4.62. The molecule has 1 aromatic heterocycles. The minimum Gasteiger partial charge on any atom is -0.478 e. The number of hydrogen-bond acceptors (Lipinski definition) is 2. The van der Waals surface area contributed by atoms with Crippen molar-refractivity contribution in [3.05, 3.63) is 51.9 Å². The van der Waals surface area contributed by atoms with Crippen molar-refractivity contribution in [3.8, 4) is 11.3 Å². The lowest BCUT2D eigenvalue weighted by atomic mass is 10.0. The number of pyridine rings is 1. The number of rotatable bonds is 2. The average Bonchev–Trinajstić information content (AvgIpc) is 2.35. The van der Waals surface area contributed by atoms with Crippen LogP contribution in [0.5, 0.6) is 0 Å². The lowest BCUT2D eigenvalue weighted by Gasteiger charge is -2.09. The van der Waals surface area contributed by atoms with Gasteiger partial charge in [-0.2, -0.15) is 0 Å². The lowest BCUT2D eigenvalue weighted by molar-refractivity contribution is 0.0696. The summed E-state index contributed by atoms with van der Waals surface area (Å²) in [4.78, 5) is 15.0. The van der Waals surface area contributed by atoms with Gasteiger partial charge in [-0.1, -0.05) is 23.7 Å². The lowest BCUT2D eigenvalue weighted by Crippen LogP contribution is -2.02. The van der Waals surface area contributed by atoms with Crippen molar-refractivity contribution >= 4 is 17.6 Å². The Morgan fingerprint density at radius 1 is 1.26 bits per heavy atom. The first kappa shape index (κ1) is 13.5. The van der Waals surface area contributed by atoms with Crippen LogP contribution in [-0.4, -0.2) is 16.1 Å². The third-order valence-corrected chi connectivity index (χ3v) is 3.13. The number of aromatic nitrogens is 1. The number of nitrogens with zero attached hydrogens (tertiary/aromatic N) is 1. The number of benzene rings is 1. The van der Waals surface area contributed by atoms with Gasteiger partial charge in [-0.3, -0.25) is 0 Å². The van der Waals surface area contributed by atoms with E-state index in [1.54, 1.807) is 26.0 Å². The van der Waals surface area contributed by atoms with Gasteiger partial charge in [-0.15, -0.1) is 0 Å². The zero-order valence-corrected chi connectivity index (χ0v) is 11.1. The molecule has 0 unspecified atom stereocenters. The first-order valence-corrected chi connectivity index (χ1v) is 5.95. The molecule has 19 heavy (non-hydrogen) atoms. The van der Waals surface area contributed by atoms with E-state index in [1.807, 2.05) is 0 Å². The molecule has 1 heterocycles. The van der Waals surface area contributed by atoms with Crippen LogP contribution in [0.25, 0.3) is 11.3 Å². The minimum absolute atomic E-state index is 0.0597. The normalized spacial score (nSPS) is 10.5. The molecule has 0 spiro atoms. The van der Waals surface area contributed by atoms with Gasteiger partial charge in [0.25, 0.3) is 0 Å². The molecular weight excluding hydrogens is 269 g/mol.